The fraction of sp³-hybridized carbons (Fsp3) is 0.231. The Kier molecular flexibility index (Phi) is 3.06. The van der Waals surface area contributed by atoms with E-state index in [2.05, 4.69) is 5.32 Å². The molecule has 0 aliphatic carbocycles. The van der Waals surface area contributed by atoms with Gasteiger partial charge in [-0.1, -0.05) is 18.2 Å². The van der Waals surface area contributed by atoms with E-state index in [0.29, 0.717) is 5.69 Å². The molecule has 1 heterocycles. The highest BCUT2D eigenvalue weighted by atomic mass is 16.4. The van der Waals surface area contributed by atoms with E-state index in [1.54, 1.807) is 17.7 Å². The topological polar surface area (TPSA) is 71.3 Å². The number of para-hydroxylation sites is 1. The van der Waals surface area contributed by atoms with Gasteiger partial charge in [-0.3, -0.25) is 9.59 Å². The van der Waals surface area contributed by atoms with Crippen molar-refractivity contribution in [1.29, 1.82) is 0 Å². The molecular formula is C13H14N2O3. The third-order valence-electron chi connectivity index (χ3n) is 2.90. The molecule has 1 aromatic heterocycles. The van der Waals surface area contributed by atoms with Crippen LogP contribution in [0.15, 0.2) is 30.3 Å². The molecule has 0 aliphatic heterocycles. The van der Waals surface area contributed by atoms with E-state index >= 15 is 0 Å². The minimum atomic E-state index is -1.05. The number of nitrogens with one attached hydrogen (secondary N) is 1. The Bertz CT molecular complexity index is 616. The number of carbonyl (C=O) groups excluding carboxylic acids is 1. The molecule has 0 aliphatic rings. The van der Waals surface area contributed by atoms with Crippen LogP contribution < -0.4 is 5.32 Å². The molecular weight excluding hydrogens is 232 g/mol. The van der Waals surface area contributed by atoms with E-state index in [1.165, 1.54) is 6.92 Å². The second kappa shape index (κ2) is 4.52. The van der Waals surface area contributed by atoms with Crippen molar-refractivity contribution in [2.24, 2.45) is 7.05 Å². The summed E-state index contributed by atoms with van der Waals surface area (Å²) in [6.45, 7) is 1.43. The number of carboxylic acids is 1. The van der Waals surface area contributed by atoms with Crippen molar-refractivity contribution in [3.63, 3.8) is 0 Å². The fourth-order valence-corrected chi connectivity index (χ4v) is 1.84. The summed E-state index contributed by atoms with van der Waals surface area (Å²) in [6, 6.07) is 8.45. The predicted octanol–water partition coefficient (Wildman–Crippen LogP) is 1.38. The number of aryl methyl sites for hydroxylation is 1. The maximum atomic E-state index is 12.0. The first-order valence-corrected chi connectivity index (χ1v) is 5.59. The van der Waals surface area contributed by atoms with Crippen LogP contribution in [0, 0.1) is 0 Å². The molecule has 5 heteroatoms. The highest BCUT2D eigenvalue weighted by Crippen LogP contribution is 2.18. The van der Waals surface area contributed by atoms with Crippen LogP contribution in [0.2, 0.25) is 0 Å². The van der Waals surface area contributed by atoms with E-state index in [4.69, 9.17) is 5.11 Å². The maximum Gasteiger partial charge on any atom is 0.325 e. The number of benzene rings is 1. The van der Waals surface area contributed by atoms with Crippen LogP contribution in [0.1, 0.15) is 17.4 Å². The zero-order valence-corrected chi connectivity index (χ0v) is 10.2. The Balaban J connectivity index is 2.34. The molecule has 0 saturated carbocycles. The van der Waals surface area contributed by atoms with Gasteiger partial charge in [0, 0.05) is 18.0 Å². The van der Waals surface area contributed by atoms with Crippen molar-refractivity contribution >= 4 is 22.8 Å². The van der Waals surface area contributed by atoms with Gasteiger partial charge in [0.25, 0.3) is 5.91 Å². The standard InChI is InChI=1S/C13H14N2O3/c1-8(13(17)18)14-12(16)11-7-9-5-3-4-6-10(9)15(11)2/h3-8H,1-2H3,(H,14,16)(H,17,18)/t8-/m1/s1. The van der Waals surface area contributed by atoms with Gasteiger partial charge in [-0.25, -0.2) is 0 Å². The van der Waals surface area contributed by atoms with Crippen molar-refractivity contribution in [3.8, 4) is 0 Å². The summed E-state index contributed by atoms with van der Waals surface area (Å²) in [5.41, 5.74) is 1.38. The lowest BCUT2D eigenvalue weighted by atomic mass is 10.2. The summed E-state index contributed by atoms with van der Waals surface area (Å²) in [6.07, 6.45) is 0. The van der Waals surface area contributed by atoms with Crippen LogP contribution in [0.3, 0.4) is 0 Å². The van der Waals surface area contributed by atoms with E-state index < -0.39 is 12.0 Å². The summed E-state index contributed by atoms with van der Waals surface area (Å²) in [5.74, 6) is -1.44. The van der Waals surface area contributed by atoms with Crippen LogP contribution in [0.25, 0.3) is 10.9 Å². The van der Waals surface area contributed by atoms with E-state index in [9.17, 15) is 9.59 Å². The molecule has 94 valence electrons. The maximum absolute atomic E-state index is 12.0. The molecule has 5 nitrogen and oxygen atoms in total. The highest BCUT2D eigenvalue weighted by molar-refractivity contribution is 6.00. The van der Waals surface area contributed by atoms with Crippen molar-refractivity contribution in [2.75, 3.05) is 0 Å². The monoisotopic (exact) mass is 246 g/mol. The van der Waals surface area contributed by atoms with E-state index in [-0.39, 0.29) is 5.91 Å². The van der Waals surface area contributed by atoms with Gasteiger partial charge >= 0.3 is 5.97 Å². The molecule has 0 bridgehead atoms. The van der Waals surface area contributed by atoms with E-state index in [1.807, 2.05) is 24.3 Å². The molecule has 0 unspecified atom stereocenters. The van der Waals surface area contributed by atoms with Crippen LogP contribution in [0.5, 0.6) is 0 Å². The first-order valence-electron chi connectivity index (χ1n) is 5.59. The quantitative estimate of drug-likeness (QED) is 0.859. The second-order valence-corrected chi connectivity index (χ2v) is 4.18. The molecule has 1 aromatic carbocycles. The van der Waals surface area contributed by atoms with Gasteiger partial charge in [0.1, 0.15) is 11.7 Å². The van der Waals surface area contributed by atoms with Gasteiger partial charge in [0.05, 0.1) is 0 Å². The molecule has 1 amide bonds. The number of rotatable bonds is 3. The minimum absolute atomic E-state index is 0.386. The normalized spacial score (nSPS) is 12.3. The van der Waals surface area contributed by atoms with Gasteiger partial charge in [-0.15, -0.1) is 0 Å². The highest BCUT2D eigenvalue weighted by Gasteiger charge is 2.18. The predicted molar refractivity (Wildman–Crippen MR) is 67.5 cm³/mol. The van der Waals surface area contributed by atoms with Crippen LogP contribution in [-0.4, -0.2) is 27.6 Å². The lowest BCUT2D eigenvalue weighted by Gasteiger charge is -2.09. The third-order valence-corrected chi connectivity index (χ3v) is 2.90. The molecule has 1 atom stereocenters. The van der Waals surface area contributed by atoms with Crippen LogP contribution >= 0.6 is 0 Å². The number of carboxylic acid groups (broad SMARTS) is 1. The SMILES string of the molecule is C[C@@H](NC(=O)c1cc2ccccc2n1C)C(=O)O. The third kappa shape index (κ3) is 2.07. The van der Waals surface area contributed by atoms with Crippen molar-refractivity contribution in [3.05, 3.63) is 36.0 Å². The molecule has 0 saturated heterocycles. The van der Waals surface area contributed by atoms with Gasteiger partial charge < -0.3 is 15.0 Å². The Morgan fingerprint density at radius 2 is 2.00 bits per heavy atom. The number of fused-ring (bicyclic) bond motifs is 1. The van der Waals surface area contributed by atoms with Crippen molar-refractivity contribution in [2.45, 2.75) is 13.0 Å². The van der Waals surface area contributed by atoms with E-state index in [0.717, 1.165) is 10.9 Å². The lowest BCUT2D eigenvalue weighted by molar-refractivity contribution is -0.138. The first kappa shape index (κ1) is 12.2. The lowest BCUT2D eigenvalue weighted by Crippen LogP contribution is -2.39. The fourth-order valence-electron chi connectivity index (χ4n) is 1.84. The van der Waals surface area contributed by atoms with Gasteiger partial charge in [0.15, 0.2) is 0 Å². The van der Waals surface area contributed by atoms with Gasteiger partial charge in [0.2, 0.25) is 0 Å². The zero-order chi connectivity index (χ0) is 13.3. The molecule has 2 aromatic rings. The summed E-state index contributed by atoms with van der Waals surface area (Å²) in [4.78, 5) is 22.7. The molecule has 0 fully saturated rings. The smallest absolute Gasteiger partial charge is 0.325 e. The van der Waals surface area contributed by atoms with Crippen LogP contribution in [0.4, 0.5) is 0 Å². The first-order chi connectivity index (χ1) is 8.50. The van der Waals surface area contributed by atoms with Crippen molar-refractivity contribution < 1.29 is 14.7 Å². The number of amides is 1. The van der Waals surface area contributed by atoms with Gasteiger partial charge in [-0.05, 0) is 19.1 Å². The molecule has 2 rings (SSSR count). The molecule has 0 spiro atoms. The Hall–Kier alpha value is -2.30. The summed E-state index contributed by atoms with van der Waals surface area (Å²) in [7, 11) is 1.78. The average molecular weight is 246 g/mol. The largest absolute Gasteiger partial charge is 0.480 e. The van der Waals surface area contributed by atoms with Gasteiger partial charge in [-0.2, -0.15) is 0 Å². The summed E-state index contributed by atoms with van der Waals surface area (Å²) in [5, 5.41) is 12.2. The van der Waals surface area contributed by atoms with Crippen molar-refractivity contribution in [1.82, 2.24) is 9.88 Å². The Morgan fingerprint density at radius 3 is 2.61 bits per heavy atom. The van der Waals surface area contributed by atoms with Crippen LogP contribution in [-0.2, 0) is 11.8 Å². The molecule has 0 radical (unpaired) electrons. The number of hydrogen-bond donors (Lipinski definition) is 2. The minimum Gasteiger partial charge on any atom is -0.480 e. The molecule has 2 N–H and O–H groups in total. The number of hydrogen-bond acceptors (Lipinski definition) is 2. The number of aliphatic carboxylic acids is 1. The number of carbonyl (C=O) groups is 2. The Morgan fingerprint density at radius 1 is 1.33 bits per heavy atom. The molecule has 18 heavy (non-hydrogen) atoms. The average Bonchev–Trinajstić information content (AvgIpc) is 2.67. The number of nitrogens with zero attached hydrogens (tertiary/aromatic N) is 1. The summed E-state index contributed by atoms with van der Waals surface area (Å²) < 4.78 is 1.75. The summed E-state index contributed by atoms with van der Waals surface area (Å²) >= 11 is 0. The number of aromatic nitrogens is 1. The zero-order valence-electron chi connectivity index (χ0n) is 10.2. The Labute approximate surface area is 104 Å². The second-order valence-electron chi connectivity index (χ2n) is 4.18.